The largest absolute Gasteiger partial charge is 0.465 e. The Morgan fingerprint density at radius 1 is 1.04 bits per heavy atom. The number of aromatic nitrogens is 1. The summed E-state index contributed by atoms with van der Waals surface area (Å²) in [6, 6.07) is 14.2. The Morgan fingerprint density at radius 3 is 2.35 bits per heavy atom. The summed E-state index contributed by atoms with van der Waals surface area (Å²) >= 11 is 0. The number of esters is 1. The maximum Gasteiger partial charge on any atom is 0.337 e. The van der Waals surface area contributed by atoms with Gasteiger partial charge in [0, 0.05) is 23.6 Å². The van der Waals surface area contributed by atoms with Crippen molar-refractivity contribution in [2.75, 3.05) is 7.11 Å². The summed E-state index contributed by atoms with van der Waals surface area (Å²) in [7, 11) is 3.51. The van der Waals surface area contributed by atoms with Gasteiger partial charge in [-0.2, -0.15) is 0 Å². The van der Waals surface area contributed by atoms with E-state index in [-0.39, 0.29) is 5.97 Å². The fraction of sp³-hybridized carbons (Fsp3) is 0.250. The summed E-state index contributed by atoms with van der Waals surface area (Å²) in [6.45, 7) is 4.33. The maximum absolute atomic E-state index is 11.5. The monoisotopic (exact) mass is 307 g/mol. The Hall–Kier alpha value is -2.55. The van der Waals surface area contributed by atoms with Crippen LogP contribution >= 0.6 is 0 Å². The highest BCUT2D eigenvalue weighted by Crippen LogP contribution is 2.26. The summed E-state index contributed by atoms with van der Waals surface area (Å²) in [4.78, 5) is 11.5. The van der Waals surface area contributed by atoms with Gasteiger partial charge >= 0.3 is 5.97 Å². The van der Waals surface area contributed by atoms with Crippen LogP contribution in [0.2, 0.25) is 0 Å². The van der Waals surface area contributed by atoms with Gasteiger partial charge in [-0.1, -0.05) is 18.2 Å². The van der Waals surface area contributed by atoms with Crippen molar-refractivity contribution in [3.63, 3.8) is 0 Å². The molecule has 0 fully saturated rings. The number of carbonyl (C=O) groups excluding carboxylic acids is 1. The number of nitrogens with zero attached hydrogens (tertiary/aromatic N) is 1. The molecule has 0 unspecified atom stereocenters. The van der Waals surface area contributed by atoms with Crippen LogP contribution in [0.1, 0.15) is 32.7 Å². The molecule has 1 heterocycles. The van der Waals surface area contributed by atoms with Gasteiger partial charge in [0.1, 0.15) is 0 Å². The number of aryl methyl sites for hydroxylation is 2. The van der Waals surface area contributed by atoms with Crippen LogP contribution < -0.4 is 0 Å². The molecule has 0 saturated heterocycles. The Morgan fingerprint density at radius 2 is 1.70 bits per heavy atom. The lowest BCUT2D eigenvalue weighted by molar-refractivity contribution is 0.0600. The number of hydrogen-bond acceptors (Lipinski definition) is 2. The molecule has 2 aromatic carbocycles. The van der Waals surface area contributed by atoms with Crippen LogP contribution in [0.25, 0.3) is 10.9 Å². The van der Waals surface area contributed by atoms with Gasteiger partial charge in [0.25, 0.3) is 0 Å². The minimum absolute atomic E-state index is 0.298. The minimum Gasteiger partial charge on any atom is -0.465 e. The van der Waals surface area contributed by atoms with Crippen LogP contribution in [-0.2, 0) is 18.2 Å². The number of rotatable bonds is 3. The maximum atomic E-state index is 11.5. The van der Waals surface area contributed by atoms with Crippen molar-refractivity contribution in [3.8, 4) is 0 Å². The molecule has 0 aliphatic carbocycles. The SMILES string of the molecule is COC(=O)c1ccc(Cc2ccc3c(c2)c(C)c(C)n3C)cc1. The molecule has 0 saturated carbocycles. The second kappa shape index (κ2) is 5.92. The van der Waals surface area contributed by atoms with Crippen LogP contribution in [0, 0.1) is 13.8 Å². The van der Waals surface area contributed by atoms with Crippen molar-refractivity contribution in [1.82, 2.24) is 4.57 Å². The van der Waals surface area contributed by atoms with Gasteiger partial charge in [-0.3, -0.25) is 0 Å². The fourth-order valence-corrected chi connectivity index (χ4v) is 3.03. The molecule has 0 aliphatic heterocycles. The van der Waals surface area contributed by atoms with E-state index < -0.39 is 0 Å². The molecular formula is C20H21NO2. The van der Waals surface area contributed by atoms with Gasteiger partial charge in [0.2, 0.25) is 0 Å². The van der Waals surface area contributed by atoms with Crippen LogP contribution in [0.5, 0.6) is 0 Å². The molecule has 118 valence electrons. The predicted molar refractivity (Wildman–Crippen MR) is 93.0 cm³/mol. The molecular weight excluding hydrogens is 286 g/mol. The van der Waals surface area contributed by atoms with Gasteiger partial charge in [-0.25, -0.2) is 4.79 Å². The third kappa shape index (κ3) is 2.74. The number of carbonyl (C=O) groups is 1. The highest BCUT2D eigenvalue weighted by atomic mass is 16.5. The first-order valence-electron chi connectivity index (χ1n) is 7.73. The fourth-order valence-electron chi connectivity index (χ4n) is 3.03. The number of fused-ring (bicyclic) bond motifs is 1. The van der Waals surface area contributed by atoms with Crippen LogP contribution in [0.15, 0.2) is 42.5 Å². The summed E-state index contributed by atoms with van der Waals surface area (Å²) in [5.74, 6) is -0.298. The Kier molecular flexibility index (Phi) is 3.95. The Labute approximate surface area is 136 Å². The smallest absolute Gasteiger partial charge is 0.337 e. The molecule has 3 nitrogen and oxygen atoms in total. The highest BCUT2D eigenvalue weighted by molar-refractivity contribution is 5.89. The number of ether oxygens (including phenoxy) is 1. The zero-order valence-electron chi connectivity index (χ0n) is 14.0. The van der Waals surface area contributed by atoms with Gasteiger partial charge in [0.05, 0.1) is 12.7 Å². The second-order valence-corrected chi connectivity index (χ2v) is 5.99. The zero-order valence-corrected chi connectivity index (χ0v) is 14.0. The topological polar surface area (TPSA) is 31.2 Å². The molecule has 3 rings (SSSR count). The molecule has 0 radical (unpaired) electrons. The van der Waals surface area contributed by atoms with Crippen LogP contribution in [0.4, 0.5) is 0 Å². The van der Waals surface area contributed by atoms with Gasteiger partial charge < -0.3 is 9.30 Å². The van der Waals surface area contributed by atoms with E-state index in [9.17, 15) is 4.79 Å². The molecule has 0 amide bonds. The van der Waals surface area contributed by atoms with Gasteiger partial charge in [-0.15, -0.1) is 0 Å². The standard InChI is InChI=1S/C20H21NO2/c1-13-14(2)21(3)19-10-7-16(12-18(13)19)11-15-5-8-17(9-6-15)20(22)23-4/h5-10,12H,11H2,1-4H3. The third-order valence-corrected chi connectivity index (χ3v) is 4.66. The molecule has 0 bridgehead atoms. The average Bonchev–Trinajstić information content (AvgIpc) is 2.79. The first-order valence-corrected chi connectivity index (χ1v) is 7.73. The van der Waals surface area contributed by atoms with Gasteiger partial charge in [0.15, 0.2) is 0 Å². The Bertz CT molecular complexity index is 873. The second-order valence-electron chi connectivity index (χ2n) is 5.99. The van der Waals surface area contributed by atoms with Crippen LogP contribution in [-0.4, -0.2) is 17.6 Å². The van der Waals surface area contributed by atoms with Crippen molar-refractivity contribution in [3.05, 3.63) is 70.4 Å². The first-order chi connectivity index (χ1) is 11.0. The van der Waals surface area contributed by atoms with Gasteiger partial charge in [-0.05, 0) is 61.2 Å². The van der Waals surface area contributed by atoms with E-state index in [0.29, 0.717) is 5.56 Å². The van der Waals surface area contributed by atoms with E-state index in [1.807, 2.05) is 24.3 Å². The van der Waals surface area contributed by atoms with Crippen molar-refractivity contribution in [2.24, 2.45) is 7.05 Å². The molecule has 3 heteroatoms. The highest BCUT2D eigenvalue weighted by Gasteiger charge is 2.09. The summed E-state index contributed by atoms with van der Waals surface area (Å²) in [5.41, 5.74) is 6.95. The Balaban J connectivity index is 1.89. The molecule has 1 aromatic heterocycles. The quantitative estimate of drug-likeness (QED) is 0.680. The summed E-state index contributed by atoms with van der Waals surface area (Å²) in [5, 5.41) is 1.31. The predicted octanol–water partition coefficient (Wildman–Crippen LogP) is 4.17. The zero-order chi connectivity index (χ0) is 16.6. The van der Waals surface area contributed by atoms with Crippen LogP contribution in [0.3, 0.4) is 0 Å². The molecule has 23 heavy (non-hydrogen) atoms. The van der Waals surface area contributed by atoms with E-state index >= 15 is 0 Å². The number of benzene rings is 2. The van der Waals surface area contributed by atoms with E-state index in [1.165, 1.54) is 40.4 Å². The van der Waals surface area contributed by atoms with E-state index in [2.05, 4.69) is 43.7 Å². The summed E-state index contributed by atoms with van der Waals surface area (Å²) in [6.07, 6.45) is 0.852. The van der Waals surface area contributed by atoms with E-state index in [0.717, 1.165) is 6.42 Å². The lowest BCUT2D eigenvalue weighted by Gasteiger charge is -2.05. The van der Waals surface area contributed by atoms with E-state index in [1.54, 1.807) is 0 Å². The molecule has 0 atom stereocenters. The minimum atomic E-state index is -0.298. The molecule has 0 N–H and O–H groups in total. The van der Waals surface area contributed by atoms with E-state index in [4.69, 9.17) is 4.74 Å². The van der Waals surface area contributed by atoms with Crippen molar-refractivity contribution >= 4 is 16.9 Å². The lowest BCUT2D eigenvalue weighted by Crippen LogP contribution is -2.01. The lowest BCUT2D eigenvalue weighted by atomic mass is 10.0. The first kappa shape index (κ1) is 15.3. The van der Waals surface area contributed by atoms with Crippen molar-refractivity contribution in [2.45, 2.75) is 20.3 Å². The average molecular weight is 307 g/mol. The number of methoxy groups -OCH3 is 1. The summed E-state index contributed by atoms with van der Waals surface area (Å²) < 4.78 is 6.96. The normalized spacial score (nSPS) is 11.0. The molecule has 3 aromatic rings. The van der Waals surface area contributed by atoms with Crippen molar-refractivity contribution in [1.29, 1.82) is 0 Å². The molecule has 0 spiro atoms. The van der Waals surface area contributed by atoms with Crippen molar-refractivity contribution < 1.29 is 9.53 Å². The number of hydrogen-bond donors (Lipinski definition) is 0. The third-order valence-electron chi connectivity index (χ3n) is 4.66. The molecule has 0 aliphatic rings.